The number of halogens is 6. The molecular weight excluding hydrogens is 355 g/mol. The summed E-state index contributed by atoms with van der Waals surface area (Å²) in [6.45, 7) is 2.97. The molecule has 0 amide bonds. The summed E-state index contributed by atoms with van der Waals surface area (Å²) >= 11 is 5.15. The minimum atomic E-state index is -4.75. The van der Waals surface area contributed by atoms with Crippen molar-refractivity contribution in [3.8, 4) is 0 Å². The third kappa shape index (κ3) is 3.71. The van der Waals surface area contributed by atoms with Crippen molar-refractivity contribution >= 4 is 17.6 Å². The monoisotopic (exact) mass is 368 g/mol. The van der Waals surface area contributed by atoms with Crippen LogP contribution in [0.1, 0.15) is 19.4 Å². The van der Waals surface area contributed by atoms with Crippen molar-refractivity contribution in [2.45, 2.75) is 26.1 Å². The number of hydrogen-bond acceptors (Lipinski definition) is 2. The van der Waals surface area contributed by atoms with Crippen LogP contribution in [0.15, 0.2) is 41.4 Å². The van der Waals surface area contributed by atoms with Crippen LogP contribution in [-0.4, -0.2) is 12.1 Å². The number of carbonyl (C=O) groups is 1. The maximum absolute atomic E-state index is 14.0. The van der Waals surface area contributed by atoms with Gasteiger partial charge in [0.2, 0.25) is 0 Å². The van der Waals surface area contributed by atoms with Crippen LogP contribution in [0.3, 0.4) is 0 Å². The fourth-order valence-electron chi connectivity index (χ4n) is 2.57. The molecule has 0 radical (unpaired) electrons. The summed E-state index contributed by atoms with van der Waals surface area (Å²) in [6.07, 6.45) is -7.93. The van der Waals surface area contributed by atoms with Gasteiger partial charge in [-0.2, -0.15) is 22.0 Å². The molecule has 2 atom stereocenters. The van der Waals surface area contributed by atoms with Crippen molar-refractivity contribution in [2.75, 3.05) is 0 Å². The van der Waals surface area contributed by atoms with Gasteiger partial charge >= 0.3 is 18.3 Å². The number of alkyl halides is 5. The highest BCUT2D eigenvalue weighted by molar-refractivity contribution is 6.30. The van der Waals surface area contributed by atoms with E-state index in [2.05, 4.69) is 4.74 Å². The second kappa shape index (κ2) is 6.02. The smallest absolute Gasteiger partial charge is 0.397 e. The number of rotatable bonds is 4. The maximum Gasteiger partial charge on any atom is 0.428 e. The van der Waals surface area contributed by atoms with Gasteiger partial charge in [0.1, 0.15) is 5.03 Å². The first-order chi connectivity index (χ1) is 10.9. The molecular formula is C16H14ClF5O2. The lowest BCUT2D eigenvalue weighted by atomic mass is 10.1. The molecule has 0 spiro atoms. The predicted molar refractivity (Wildman–Crippen MR) is 77.2 cm³/mol. The summed E-state index contributed by atoms with van der Waals surface area (Å²) in [5.41, 5.74) is -1.47. The highest BCUT2D eigenvalue weighted by Crippen LogP contribution is 2.61. The molecule has 1 fully saturated rings. The molecule has 2 rings (SSSR count). The van der Waals surface area contributed by atoms with E-state index < -0.39 is 46.1 Å². The molecule has 1 aromatic rings. The minimum Gasteiger partial charge on any atom is -0.397 e. The molecule has 132 valence electrons. The molecule has 1 aromatic carbocycles. The number of allylic oxidation sites excluding steroid dienone is 2. The molecule has 0 bridgehead atoms. The van der Waals surface area contributed by atoms with Crippen molar-refractivity contribution in [1.29, 1.82) is 0 Å². The van der Waals surface area contributed by atoms with Crippen LogP contribution in [-0.2, 0) is 15.6 Å². The van der Waals surface area contributed by atoms with Gasteiger partial charge in [0.15, 0.2) is 0 Å². The summed E-state index contributed by atoms with van der Waals surface area (Å²) in [6, 6.07) is 6.40. The minimum absolute atomic E-state index is 0.516. The Morgan fingerprint density at radius 2 is 1.71 bits per heavy atom. The zero-order chi connectivity index (χ0) is 18.3. The quantitative estimate of drug-likeness (QED) is 0.537. The average molecular weight is 369 g/mol. The number of hydrogen-bond donors (Lipinski definition) is 0. The highest BCUT2D eigenvalue weighted by atomic mass is 35.5. The van der Waals surface area contributed by atoms with Crippen LogP contribution >= 0.6 is 11.6 Å². The van der Waals surface area contributed by atoms with Crippen molar-refractivity contribution in [3.05, 3.63) is 47.0 Å². The van der Waals surface area contributed by atoms with Crippen LogP contribution in [0.5, 0.6) is 0 Å². The largest absolute Gasteiger partial charge is 0.428 e. The molecule has 0 heterocycles. The van der Waals surface area contributed by atoms with Gasteiger partial charge in [-0.15, -0.1) is 0 Å². The highest BCUT2D eigenvalue weighted by Gasteiger charge is 2.63. The van der Waals surface area contributed by atoms with Gasteiger partial charge in [-0.25, -0.2) is 0 Å². The van der Waals surface area contributed by atoms with E-state index in [0.29, 0.717) is 6.08 Å². The van der Waals surface area contributed by atoms with E-state index in [4.69, 9.17) is 11.6 Å². The van der Waals surface area contributed by atoms with E-state index in [1.807, 2.05) is 0 Å². The first-order valence-corrected chi connectivity index (χ1v) is 7.36. The van der Waals surface area contributed by atoms with Gasteiger partial charge in [-0.1, -0.05) is 49.7 Å². The molecule has 2 nitrogen and oxygen atoms in total. The van der Waals surface area contributed by atoms with Crippen LogP contribution in [0, 0.1) is 17.3 Å². The molecule has 0 aliphatic heterocycles. The van der Waals surface area contributed by atoms with Crippen LogP contribution in [0.2, 0.25) is 0 Å². The van der Waals surface area contributed by atoms with Crippen molar-refractivity contribution in [1.82, 2.24) is 0 Å². The fourth-order valence-corrected chi connectivity index (χ4v) is 2.71. The van der Waals surface area contributed by atoms with E-state index >= 15 is 0 Å². The lowest BCUT2D eigenvalue weighted by Crippen LogP contribution is -2.24. The van der Waals surface area contributed by atoms with Gasteiger partial charge in [0, 0.05) is 0 Å². The standard InChI is InChI=1S/C16H14ClF5O2/c1-14(2)10(8-11(17)15(18,19)20)12(14)13(23)24-16(21,22)9-6-4-3-5-7-9/h3-8,10,12H,1-2H3. The van der Waals surface area contributed by atoms with Gasteiger partial charge in [0.05, 0.1) is 11.5 Å². The van der Waals surface area contributed by atoms with E-state index in [1.54, 1.807) is 0 Å². The average Bonchev–Trinajstić information content (AvgIpc) is 2.99. The Morgan fingerprint density at radius 3 is 2.21 bits per heavy atom. The Hall–Kier alpha value is -1.63. The lowest BCUT2D eigenvalue weighted by molar-refractivity contribution is -0.242. The Morgan fingerprint density at radius 1 is 1.17 bits per heavy atom. The molecule has 1 aliphatic rings. The second-order valence-electron chi connectivity index (χ2n) is 6.14. The van der Waals surface area contributed by atoms with E-state index in [1.165, 1.54) is 32.0 Å². The first-order valence-electron chi connectivity index (χ1n) is 6.98. The summed E-state index contributed by atoms with van der Waals surface area (Å²) in [5.74, 6) is -3.31. The maximum atomic E-state index is 14.0. The van der Waals surface area contributed by atoms with Crippen molar-refractivity contribution < 1.29 is 31.5 Å². The number of ether oxygens (including phenoxy) is 1. The number of carbonyl (C=O) groups excluding carboxylic acids is 1. The third-order valence-corrected chi connectivity index (χ3v) is 4.44. The van der Waals surface area contributed by atoms with Gasteiger partial charge in [0.25, 0.3) is 0 Å². The summed E-state index contributed by atoms with van der Waals surface area (Å²) in [4.78, 5) is 12.0. The van der Waals surface area contributed by atoms with Crippen LogP contribution < -0.4 is 0 Å². The van der Waals surface area contributed by atoms with Gasteiger partial charge < -0.3 is 4.74 Å². The normalized spacial score (nSPS) is 23.8. The predicted octanol–water partition coefficient (Wildman–Crippen LogP) is 5.24. The molecule has 2 unspecified atom stereocenters. The molecule has 0 saturated heterocycles. The molecule has 8 heteroatoms. The second-order valence-corrected chi connectivity index (χ2v) is 6.55. The molecule has 24 heavy (non-hydrogen) atoms. The van der Waals surface area contributed by atoms with Gasteiger partial charge in [-0.05, 0) is 23.5 Å². The first kappa shape index (κ1) is 18.7. The van der Waals surface area contributed by atoms with E-state index in [-0.39, 0.29) is 0 Å². The Labute approximate surface area is 140 Å². The Balaban J connectivity index is 2.13. The Bertz CT molecular complexity index is 652. The topological polar surface area (TPSA) is 26.3 Å². The van der Waals surface area contributed by atoms with E-state index in [9.17, 15) is 26.7 Å². The third-order valence-electron chi connectivity index (χ3n) is 4.10. The zero-order valence-electron chi connectivity index (χ0n) is 12.7. The summed E-state index contributed by atoms with van der Waals surface area (Å²) in [7, 11) is 0. The Kier molecular flexibility index (Phi) is 4.69. The zero-order valence-corrected chi connectivity index (χ0v) is 13.5. The van der Waals surface area contributed by atoms with Crippen LogP contribution in [0.25, 0.3) is 0 Å². The van der Waals surface area contributed by atoms with Crippen molar-refractivity contribution in [2.24, 2.45) is 17.3 Å². The van der Waals surface area contributed by atoms with Gasteiger partial charge in [-0.3, -0.25) is 4.79 Å². The number of esters is 1. The fraction of sp³-hybridized carbons (Fsp3) is 0.438. The van der Waals surface area contributed by atoms with Crippen molar-refractivity contribution in [3.63, 3.8) is 0 Å². The summed E-state index contributed by atoms with van der Waals surface area (Å²) < 4.78 is 69.6. The summed E-state index contributed by atoms with van der Waals surface area (Å²) in [5, 5.41) is -1.38. The SMILES string of the molecule is CC1(C)C(C=C(Cl)C(F)(F)F)C1C(=O)OC(F)(F)c1ccccc1. The molecule has 0 aromatic heterocycles. The van der Waals surface area contributed by atoms with Crippen LogP contribution in [0.4, 0.5) is 22.0 Å². The number of benzene rings is 1. The molecule has 1 aliphatic carbocycles. The lowest BCUT2D eigenvalue weighted by Gasteiger charge is -2.17. The van der Waals surface area contributed by atoms with E-state index in [0.717, 1.165) is 12.1 Å². The molecule has 1 saturated carbocycles. The molecule has 0 N–H and O–H groups in total.